The van der Waals surface area contributed by atoms with Crippen LogP contribution < -0.4 is 0 Å². The van der Waals surface area contributed by atoms with Crippen molar-refractivity contribution in [1.82, 2.24) is 15.0 Å². The van der Waals surface area contributed by atoms with E-state index in [0.717, 1.165) is 37.1 Å². The summed E-state index contributed by atoms with van der Waals surface area (Å²) in [6.45, 7) is 2.06. The Morgan fingerprint density at radius 1 is 1.22 bits per heavy atom. The second kappa shape index (κ2) is 11.1. The van der Waals surface area contributed by atoms with Crippen LogP contribution in [0.1, 0.15) is 24.8 Å². The van der Waals surface area contributed by atoms with Crippen LogP contribution in [0.25, 0.3) is 11.3 Å². The molecular weight excluding hydrogens is 434 g/mol. The molecule has 0 bridgehead atoms. The number of hydrogen-bond donors (Lipinski definition) is 1. The smallest absolute Gasteiger partial charge is 0.475 e. The molecule has 1 saturated heterocycles. The average molecular weight is 459 g/mol. The molecule has 1 fully saturated rings. The summed E-state index contributed by atoms with van der Waals surface area (Å²) in [4.78, 5) is 25.6. The lowest BCUT2D eigenvalue weighted by Crippen LogP contribution is -2.44. The molecule has 32 heavy (non-hydrogen) atoms. The van der Waals surface area contributed by atoms with Crippen molar-refractivity contribution in [1.29, 1.82) is 0 Å². The van der Waals surface area contributed by atoms with Gasteiger partial charge in [-0.05, 0) is 63.7 Å². The van der Waals surface area contributed by atoms with Crippen molar-refractivity contribution in [2.75, 3.05) is 27.2 Å². The first kappa shape index (κ1) is 25.3. The van der Waals surface area contributed by atoms with Crippen LogP contribution >= 0.6 is 0 Å². The van der Waals surface area contributed by atoms with Crippen molar-refractivity contribution in [2.24, 2.45) is 0 Å². The molecule has 0 radical (unpaired) electrons. The van der Waals surface area contributed by atoms with Crippen molar-refractivity contribution in [3.63, 3.8) is 0 Å². The number of rotatable bonds is 5. The zero-order valence-corrected chi connectivity index (χ0v) is 17.7. The van der Waals surface area contributed by atoms with Crippen molar-refractivity contribution < 1.29 is 36.8 Å². The van der Waals surface area contributed by atoms with E-state index in [-0.39, 0.29) is 11.7 Å². The van der Waals surface area contributed by atoms with Gasteiger partial charge in [0.05, 0.1) is 6.20 Å². The van der Waals surface area contributed by atoms with Crippen LogP contribution in [0.15, 0.2) is 35.0 Å². The molecular formula is C21H25F4N3O4. The zero-order valence-electron chi connectivity index (χ0n) is 17.7. The Kier molecular flexibility index (Phi) is 8.76. The van der Waals surface area contributed by atoms with Crippen LogP contribution in [-0.2, 0) is 16.0 Å². The van der Waals surface area contributed by atoms with Gasteiger partial charge in [-0.15, -0.1) is 0 Å². The largest absolute Gasteiger partial charge is 0.490 e. The summed E-state index contributed by atoms with van der Waals surface area (Å²) in [7, 11) is 4.01. The second-order valence-corrected chi connectivity index (χ2v) is 7.53. The number of benzene rings is 1. The monoisotopic (exact) mass is 459 g/mol. The molecule has 0 saturated carbocycles. The zero-order chi connectivity index (χ0) is 23.9. The number of nitrogens with zero attached hydrogens (tertiary/aromatic N) is 3. The van der Waals surface area contributed by atoms with Gasteiger partial charge in [-0.2, -0.15) is 13.2 Å². The number of amides is 1. The highest BCUT2D eigenvalue weighted by atomic mass is 19.4. The van der Waals surface area contributed by atoms with Crippen molar-refractivity contribution >= 4 is 11.9 Å². The number of aromatic nitrogens is 1. The number of carboxylic acids is 1. The van der Waals surface area contributed by atoms with Crippen LogP contribution in [0.5, 0.6) is 0 Å². The van der Waals surface area contributed by atoms with E-state index in [1.54, 1.807) is 18.3 Å². The third-order valence-corrected chi connectivity index (χ3v) is 5.23. The Labute approximate surface area is 182 Å². The minimum absolute atomic E-state index is 0.140. The number of hydrogen-bond acceptors (Lipinski definition) is 5. The minimum atomic E-state index is -5.08. The molecule has 7 nitrogen and oxygen atoms in total. The van der Waals surface area contributed by atoms with Crippen LogP contribution in [0, 0.1) is 5.82 Å². The quantitative estimate of drug-likeness (QED) is 0.688. The average Bonchev–Trinajstić information content (AvgIpc) is 3.21. The molecule has 1 aliphatic rings. The normalized spacial score (nSPS) is 15.1. The van der Waals surface area contributed by atoms with E-state index >= 15 is 0 Å². The molecule has 176 valence electrons. The maximum Gasteiger partial charge on any atom is 0.490 e. The van der Waals surface area contributed by atoms with Gasteiger partial charge in [0.1, 0.15) is 5.82 Å². The van der Waals surface area contributed by atoms with Gasteiger partial charge in [0.2, 0.25) is 5.91 Å². The van der Waals surface area contributed by atoms with E-state index in [9.17, 15) is 22.4 Å². The van der Waals surface area contributed by atoms with E-state index in [0.29, 0.717) is 24.6 Å². The first-order chi connectivity index (χ1) is 15.0. The molecule has 2 heterocycles. The van der Waals surface area contributed by atoms with Gasteiger partial charge in [-0.3, -0.25) is 4.79 Å². The predicted octanol–water partition coefficient (Wildman–Crippen LogP) is 3.60. The van der Waals surface area contributed by atoms with Crippen LogP contribution in [-0.4, -0.2) is 71.3 Å². The molecule has 2 aromatic rings. The molecule has 3 rings (SSSR count). The number of likely N-dealkylation sites (tertiary alicyclic amines) is 1. The Morgan fingerprint density at radius 2 is 1.78 bits per heavy atom. The van der Waals surface area contributed by atoms with Crippen LogP contribution in [0.4, 0.5) is 17.6 Å². The minimum Gasteiger partial charge on any atom is -0.475 e. The number of aliphatic carboxylic acids is 1. The highest BCUT2D eigenvalue weighted by molar-refractivity contribution is 5.77. The number of carboxylic acid groups (broad SMARTS) is 1. The summed E-state index contributed by atoms with van der Waals surface area (Å²) in [5.74, 6) is -2.30. The molecule has 0 unspecified atom stereocenters. The standard InChI is InChI=1S/C19H24FN3O2.C2HF3O2/c1-22-11-9-17(10-12-22)23(2)18(24)8-5-15-13-21-25-19(15)14-3-6-16(20)7-4-14;3-2(4,5)1(6)7/h3-4,6-7,13,17H,5,8-12H2,1-2H3;(H,6,7). The molecule has 0 spiro atoms. The Morgan fingerprint density at radius 3 is 2.31 bits per heavy atom. The topological polar surface area (TPSA) is 86.9 Å². The number of halogens is 4. The molecule has 1 amide bonds. The van der Waals surface area contributed by atoms with E-state index in [1.165, 1.54) is 12.1 Å². The maximum atomic E-state index is 13.1. The Hall–Kier alpha value is -2.95. The van der Waals surface area contributed by atoms with Gasteiger partial charge in [0.25, 0.3) is 0 Å². The highest BCUT2D eigenvalue weighted by Gasteiger charge is 2.38. The van der Waals surface area contributed by atoms with Crippen molar-refractivity contribution in [3.05, 3.63) is 41.8 Å². The SMILES string of the molecule is CN1CCC(N(C)C(=O)CCc2cnoc2-c2ccc(F)cc2)CC1.O=C(O)C(F)(F)F. The summed E-state index contributed by atoms with van der Waals surface area (Å²) >= 11 is 0. The molecule has 1 aromatic carbocycles. The van der Waals surface area contributed by atoms with Gasteiger partial charge in [-0.25, -0.2) is 9.18 Å². The predicted molar refractivity (Wildman–Crippen MR) is 107 cm³/mol. The Balaban J connectivity index is 0.000000451. The summed E-state index contributed by atoms with van der Waals surface area (Å²) in [6, 6.07) is 6.42. The number of carbonyl (C=O) groups is 2. The maximum absolute atomic E-state index is 13.1. The van der Waals surface area contributed by atoms with E-state index in [1.807, 2.05) is 11.9 Å². The van der Waals surface area contributed by atoms with Gasteiger partial charge in [0.15, 0.2) is 5.76 Å². The molecule has 11 heteroatoms. The molecule has 0 atom stereocenters. The molecule has 0 aliphatic carbocycles. The fourth-order valence-electron chi connectivity index (χ4n) is 3.28. The van der Waals surface area contributed by atoms with Crippen molar-refractivity contribution in [2.45, 2.75) is 37.9 Å². The second-order valence-electron chi connectivity index (χ2n) is 7.53. The van der Waals surface area contributed by atoms with Gasteiger partial charge in [0, 0.05) is 30.6 Å². The lowest BCUT2D eigenvalue weighted by molar-refractivity contribution is -0.192. The van der Waals surface area contributed by atoms with Gasteiger partial charge in [-0.1, -0.05) is 5.16 Å². The summed E-state index contributed by atoms with van der Waals surface area (Å²) in [6.07, 6.45) is -0.425. The summed E-state index contributed by atoms with van der Waals surface area (Å²) < 4.78 is 50.1. The summed E-state index contributed by atoms with van der Waals surface area (Å²) in [5, 5.41) is 11.0. The lowest BCUT2D eigenvalue weighted by atomic mass is 10.0. The number of piperidine rings is 1. The number of aryl methyl sites for hydroxylation is 1. The first-order valence-corrected chi connectivity index (χ1v) is 9.93. The van der Waals surface area contributed by atoms with E-state index < -0.39 is 12.1 Å². The molecule has 1 aliphatic heterocycles. The van der Waals surface area contributed by atoms with Crippen molar-refractivity contribution in [3.8, 4) is 11.3 Å². The summed E-state index contributed by atoms with van der Waals surface area (Å²) in [5.41, 5.74) is 1.64. The fourth-order valence-corrected chi connectivity index (χ4v) is 3.28. The first-order valence-electron chi connectivity index (χ1n) is 9.93. The molecule has 1 N–H and O–H groups in total. The number of alkyl halides is 3. The van der Waals surface area contributed by atoms with Crippen LogP contribution in [0.2, 0.25) is 0 Å². The van der Waals surface area contributed by atoms with E-state index in [4.69, 9.17) is 14.4 Å². The number of carbonyl (C=O) groups excluding carboxylic acids is 1. The third-order valence-electron chi connectivity index (χ3n) is 5.23. The van der Waals surface area contributed by atoms with Gasteiger partial charge >= 0.3 is 12.1 Å². The van der Waals surface area contributed by atoms with E-state index in [2.05, 4.69) is 17.1 Å². The lowest BCUT2D eigenvalue weighted by Gasteiger charge is -2.35. The Bertz CT molecular complexity index is 891. The van der Waals surface area contributed by atoms with Crippen LogP contribution in [0.3, 0.4) is 0 Å². The van der Waals surface area contributed by atoms with Gasteiger partial charge < -0.3 is 19.4 Å². The fraction of sp³-hybridized carbons (Fsp3) is 0.476. The highest BCUT2D eigenvalue weighted by Crippen LogP contribution is 2.25. The third kappa shape index (κ3) is 7.33. The molecule has 1 aromatic heterocycles.